The lowest BCUT2D eigenvalue weighted by atomic mass is 10.0. The first-order valence-corrected chi connectivity index (χ1v) is 6.51. The van der Waals surface area contributed by atoms with E-state index in [1.54, 1.807) is 6.26 Å². The van der Waals surface area contributed by atoms with Crippen molar-refractivity contribution < 1.29 is 8.94 Å². The zero-order chi connectivity index (χ0) is 13.6. The molecule has 0 aliphatic carbocycles. The largest absolute Gasteiger partial charge is 0.467 e. The Morgan fingerprint density at radius 2 is 2.00 bits per heavy atom. The smallest absolute Gasteiger partial charge is 0.227 e. The molecule has 3 aromatic rings. The van der Waals surface area contributed by atoms with Gasteiger partial charge in [0, 0.05) is 13.0 Å². The Morgan fingerprint density at radius 3 is 2.70 bits per heavy atom. The van der Waals surface area contributed by atoms with Crippen molar-refractivity contribution in [3.8, 4) is 0 Å². The van der Waals surface area contributed by atoms with Gasteiger partial charge in [0.1, 0.15) is 5.76 Å². The molecule has 2 heterocycles. The maximum Gasteiger partial charge on any atom is 0.227 e. The van der Waals surface area contributed by atoms with Crippen LogP contribution in [0, 0.1) is 0 Å². The highest BCUT2D eigenvalue weighted by Crippen LogP contribution is 2.22. The van der Waals surface area contributed by atoms with Crippen LogP contribution in [0.4, 0.5) is 0 Å². The van der Waals surface area contributed by atoms with E-state index in [0.717, 1.165) is 17.9 Å². The molecule has 1 aromatic carbocycles. The third-order valence-corrected chi connectivity index (χ3v) is 3.05. The molecule has 0 aliphatic rings. The van der Waals surface area contributed by atoms with E-state index in [-0.39, 0.29) is 6.04 Å². The molecule has 2 aromatic heterocycles. The molecule has 0 spiro atoms. The number of nitrogens with zero attached hydrogens (tertiary/aromatic N) is 2. The predicted molar refractivity (Wildman–Crippen MR) is 73.0 cm³/mol. The zero-order valence-electron chi connectivity index (χ0n) is 10.9. The average Bonchev–Trinajstić information content (AvgIpc) is 3.18. The summed E-state index contributed by atoms with van der Waals surface area (Å²) in [7, 11) is 0. The Labute approximate surface area is 116 Å². The van der Waals surface area contributed by atoms with E-state index in [0.29, 0.717) is 12.3 Å². The van der Waals surface area contributed by atoms with Gasteiger partial charge in [0.15, 0.2) is 6.33 Å². The first-order chi connectivity index (χ1) is 9.93. The lowest BCUT2D eigenvalue weighted by Gasteiger charge is -2.16. The van der Waals surface area contributed by atoms with Crippen molar-refractivity contribution in [1.29, 1.82) is 0 Å². The highest BCUT2D eigenvalue weighted by Gasteiger charge is 2.16. The fourth-order valence-corrected chi connectivity index (χ4v) is 2.11. The number of hydrogen-bond donors (Lipinski definition) is 1. The van der Waals surface area contributed by atoms with E-state index in [1.807, 2.05) is 30.3 Å². The Balaban J connectivity index is 1.70. The summed E-state index contributed by atoms with van der Waals surface area (Å²) in [6.07, 6.45) is 3.78. The SMILES string of the molecule is c1ccc(C(NCCc2ncno2)c2ccco2)cc1. The number of benzene rings is 1. The second-order valence-electron chi connectivity index (χ2n) is 4.40. The van der Waals surface area contributed by atoms with E-state index in [1.165, 1.54) is 6.33 Å². The number of nitrogens with one attached hydrogen (secondary N) is 1. The minimum Gasteiger partial charge on any atom is -0.467 e. The van der Waals surface area contributed by atoms with Crippen molar-refractivity contribution in [3.05, 3.63) is 72.3 Å². The van der Waals surface area contributed by atoms with Crippen molar-refractivity contribution in [2.45, 2.75) is 12.5 Å². The number of furan rings is 1. The van der Waals surface area contributed by atoms with Gasteiger partial charge in [-0.15, -0.1) is 0 Å². The van der Waals surface area contributed by atoms with Gasteiger partial charge in [0.05, 0.1) is 12.3 Å². The molecule has 0 saturated carbocycles. The summed E-state index contributed by atoms with van der Waals surface area (Å²) >= 11 is 0. The van der Waals surface area contributed by atoms with Crippen LogP contribution in [0.15, 0.2) is 64.0 Å². The van der Waals surface area contributed by atoms with Gasteiger partial charge in [-0.2, -0.15) is 4.98 Å². The van der Waals surface area contributed by atoms with Crippen LogP contribution in [-0.4, -0.2) is 16.7 Å². The molecule has 3 rings (SSSR count). The lowest BCUT2D eigenvalue weighted by molar-refractivity contribution is 0.370. The Kier molecular flexibility index (Phi) is 3.89. The Morgan fingerprint density at radius 1 is 1.10 bits per heavy atom. The highest BCUT2D eigenvalue weighted by atomic mass is 16.5. The first-order valence-electron chi connectivity index (χ1n) is 6.51. The molecule has 1 N–H and O–H groups in total. The number of hydrogen-bond acceptors (Lipinski definition) is 5. The van der Waals surface area contributed by atoms with Crippen LogP contribution < -0.4 is 5.32 Å². The molecular formula is C15H15N3O2. The summed E-state index contributed by atoms with van der Waals surface area (Å²) in [5.74, 6) is 1.52. The Bertz CT molecular complexity index is 606. The lowest BCUT2D eigenvalue weighted by Crippen LogP contribution is -2.24. The fraction of sp³-hybridized carbons (Fsp3) is 0.200. The van der Waals surface area contributed by atoms with Crippen molar-refractivity contribution >= 4 is 0 Å². The Hall–Kier alpha value is -2.40. The summed E-state index contributed by atoms with van der Waals surface area (Å²) in [5, 5.41) is 7.05. The maximum absolute atomic E-state index is 5.52. The molecule has 1 atom stereocenters. The van der Waals surface area contributed by atoms with E-state index in [9.17, 15) is 0 Å². The van der Waals surface area contributed by atoms with Crippen LogP contribution in [0.2, 0.25) is 0 Å². The van der Waals surface area contributed by atoms with Gasteiger partial charge in [0.25, 0.3) is 0 Å². The van der Waals surface area contributed by atoms with E-state index in [4.69, 9.17) is 8.94 Å². The van der Waals surface area contributed by atoms with Crippen molar-refractivity contribution in [2.75, 3.05) is 6.54 Å². The molecule has 102 valence electrons. The highest BCUT2D eigenvalue weighted by molar-refractivity contribution is 5.26. The summed E-state index contributed by atoms with van der Waals surface area (Å²) in [5.41, 5.74) is 1.16. The molecule has 0 radical (unpaired) electrons. The van der Waals surface area contributed by atoms with Crippen LogP contribution in [0.25, 0.3) is 0 Å². The van der Waals surface area contributed by atoms with E-state index in [2.05, 4.69) is 27.6 Å². The summed E-state index contributed by atoms with van der Waals surface area (Å²) in [4.78, 5) is 4.01. The zero-order valence-corrected chi connectivity index (χ0v) is 10.9. The van der Waals surface area contributed by atoms with Gasteiger partial charge < -0.3 is 14.3 Å². The fourth-order valence-electron chi connectivity index (χ4n) is 2.11. The summed E-state index contributed by atoms with van der Waals surface area (Å²) < 4.78 is 10.5. The van der Waals surface area contributed by atoms with Crippen LogP contribution in [0.3, 0.4) is 0 Å². The van der Waals surface area contributed by atoms with Gasteiger partial charge in [-0.1, -0.05) is 35.5 Å². The van der Waals surface area contributed by atoms with Gasteiger partial charge in [0.2, 0.25) is 5.89 Å². The molecule has 0 saturated heterocycles. The summed E-state index contributed by atoms with van der Waals surface area (Å²) in [6.45, 7) is 0.725. The average molecular weight is 269 g/mol. The molecule has 5 nitrogen and oxygen atoms in total. The van der Waals surface area contributed by atoms with E-state index < -0.39 is 0 Å². The molecule has 1 unspecified atom stereocenters. The molecule has 5 heteroatoms. The quantitative estimate of drug-likeness (QED) is 0.745. The van der Waals surface area contributed by atoms with Crippen molar-refractivity contribution in [3.63, 3.8) is 0 Å². The van der Waals surface area contributed by atoms with Crippen LogP contribution in [0.1, 0.15) is 23.3 Å². The van der Waals surface area contributed by atoms with Crippen LogP contribution >= 0.6 is 0 Å². The van der Waals surface area contributed by atoms with Crippen molar-refractivity contribution in [2.24, 2.45) is 0 Å². The predicted octanol–water partition coefficient (Wildman–Crippen LogP) is 2.58. The minimum absolute atomic E-state index is 0.0223. The molecule has 0 amide bonds. The monoisotopic (exact) mass is 269 g/mol. The van der Waals surface area contributed by atoms with Gasteiger partial charge in [-0.3, -0.25) is 0 Å². The second kappa shape index (κ2) is 6.16. The minimum atomic E-state index is 0.0223. The van der Waals surface area contributed by atoms with Crippen LogP contribution in [-0.2, 0) is 6.42 Å². The van der Waals surface area contributed by atoms with Gasteiger partial charge in [-0.25, -0.2) is 0 Å². The number of aromatic nitrogens is 2. The standard InChI is InChI=1S/C15H15N3O2/c1-2-5-12(6-3-1)15(13-7-4-10-19-13)16-9-8-14-17-11-18-20-14/h1-7,10-11,15-16H,8-9H2. The molecule has 0 fully saturated rings. The third kappa shape index (κ3) is 2.95. The van der Waals surface area contributed by atoms with E-state index >= 15 is 0 Å². The normalized spacial score (nSPS) is 12.4. The molecule has 0 bridgehead atoms. The second-order valence-corrected chi connectivity index (χ2v) is 4.40. The van der Waals surface area contributed by atoms with Gasteiger partial charge in [-0.05, 0) is 17.7 Å². The number of rotatable bonds is 6. The topological polar surface area (TPSA) is 64.1 Å². The van der Waals surface area contributed by atoms with Crippen LogP contribution in [0.5, 0.6) is 0 Å². The molecule has 0 aliphatic heterocycles. The third-order valence-electron chi connectivity index (χ3n) is 3.05. The molecule has 20 heavy (non-hydrogen) atoms. The molecular weight excluding hydrogens is 254 g/mol. The first kappa shape index (κ1) is 12.6. The maximum atomic E-state index is 5.52. The van der Waals surface area contributed by atoms with Crippen molar-refractivity contribution in [1.82, 2.24) is 15.5 Å². The van der Waals surface area contributed by atoms with Gasteiger partial charge >= 0.3 is 0 Å². The summed E-state index contributed by atoms with van der Waals surface area (Å²) in [6, 6.07) is 14.1.